The normalized spacial score (nSPS) is 10.4. The van der Waals surface area contributed by atoms with Gasteiger partial charge in [0.25, 0.3) is 0 Å². The third-order valence-corrected chi connectivity index (χ3v) is 5.86. The van der Waals surface area contributed by atoms with Crippen LogP contribution >= 0.6 is 0 Å². The summed E-state index contributed by atoms with van der Waals surface area (Å²) >= 11 is 0. The van der Waals surface area contributed by atoms with Gasteiger partial charge in [0.2, 0.25) is 0 Å². The van der Waals surface area contributed by atoms with Crippen LogP contribution in [-0.2, 0) is 24.6 Å². The minimum absolute atomic E-state index is 0.167. The molecule has 0 amide bonds. The maximum absolute atomic E-state index is 10.9. The van der Waals surface area contributed by atoms with Crippen molar-refractivity contribution >= 4 is 5.97 Å². The molecule has 0 saturated carbocycles. The lowest BCUT2D eigenvalue weighted by Gasteiger charge is -2.16. The number of aliphatic carboxylic acids is 1. The second kappa shape index (κ2) is 12.9. The summed E-state index contributed by atoms with van der Waals surface area (Å²) < 4.78 is 18.0. The molecule has 0 radical (unpaired) electrons. The summed E-state index contributed by atoms with van der Waals surface area (Å²) in [5.74, 6) is 0.974. The molecule has 0 aliphatic rings. The van der Waals surface area contributed by atoms with E-state index in [0.29, 0.717) is 23.6 Å². The van der Waals surface area contributed by atoms with Crippen molar-refractivity contribution in [2.24, 2.45) is 0 Å². The molecule has 4 aromatic carbocycles. The quantitative estimate of drug-likeness (QED) is 0.258. The predicted molar refractivity (Wildman–Crippen MR) is 144 cm³/mol. The average molecular weight is 509 g/mol. The molecule has 7 heteroatoms. The van der Waals surface area contributed by atoms with E-state index in [4.69, 9.17) is 24.6 Å². The number of carboxylic acids is 1. The van der Waals surface area contributed by atoms with E-state index in [-0.39, 0.29) is 19.8 Å². The van der Waals surface area contributed by atoms with Crippen LogP contribution in [0.15, 0.2) is 91.0 Å². The number of hydrogen-bond acceptors (Lipinski definition) is 6. The van der Waals surface area contributed by atoms with E-state index in [1.165, 1.54) is 0 Å². The summed E-state index contributed by atoms with van der Waals surface area (Å²) in [4.78, 5) is 10.9. The molecule has 0 unspecified atom stereocenters. The van der Waals surface area contributed by atoms with Gasteiger partial charge in [-0.2, -0.15) is 5.26 Å². The highest BCUT2D eigenvalue weighted by Gasteiger charge is 2.13. The number of para-hydroxylation sites is 1. The molecule has 192 valence electrons. The number of ether oxygens (including phenoxy) is 3. The van der Waals surface area contributed by atoms with E-state index >= 15 is 0 Å². The van der Waals surface area contributed by atoms with Gasteiger partial charge in [0, 0.05) is 29.3 Å². The first-order chi connectivity index (χ1) is 18.6. The number of methoxy groups -OCH3 is 1. The topological polar surface area (TPSA) is 101 Å². The van der Waals surface area contributed by atoms with E-state index in [0.717, 1.165) is 33.6 Å². The molecule has 0 atom stereocenters. The van der Waals surface area contributed by atoms with Crippen LogP contribution in [0.1, 0.15) is 22.3 Å². The van der Waals surface area contributed by atoms with Crippen molar-refractivity contribution in [3.05, 3.63) is 113 Å². The summed E-state index contributed by atoms with van der Waals surface area (Å²) in [5.41, 5.74) is 5.13. The van der Waals surface area contributed by atoms with Crippen LogP contribution in [0.5, 0.6) is 17.2 Å². The fourth-order valence-corrected chi connectivity index (χ4v) is 4.05. The first kappa shape index (κ1) is 26.3. The fourth-order valence-electron chi connectivity index (χ4n) is 4.05. The molecule has 0 saturated heterocycles. The SMILES string of the molecule is COc1c(COc2ccc(CNCC(=O)O)c(OCc3cccc(C#N)c3)c2)cccc1-c1ccccc1. The molecule has 4 rings (SSSR count). The van der Waals surface area contributed by atoms with Crippen LogP contribution in [0.2, 0.25) is 0 Å². The minimum Gasteiger partial charge on any atom is -0.496 e. The number of benzene rings is 4. The molecule has 7 nitrogen and oxygen atoms in total. The molecule has 0 aliphatic carbocycles. The van der Waals surface area contributed by atoms with Crippen LogP contribution in [0.4, 0.5) is 0 Å². The summed E-state index contributed by atoms with van der Waals surface area (Å²) in [7, 11) is 1.65. The van der Waals surface area contributed by atoms with Gasteiger partial charge in [0.15, 0.2) is 0 Å². The van der Waals surface area contributed by atoms with E-state index in [9.17, 15) is 4.79 Å². The maximum Gasteiger partial charge on any atom is 0.317 e. The largest absolute Gasteiger partial charge is 0.496 e. The Bertz CT molecular complexity index is 1430. The van der Waals surface area contributed by atoms with Gasteiger partial charge in [-0.1, -0.05) is 66.7 Å². The van der Waals surface area contributed by atoms with Crippen LogP contribution in [0, 0.1) is 11.3 Å². The average Bonchev–Trinajstić information content (AvgIpc) is 2.95. The molecule has 4 aromatic rings. The molecule has 0 fully saturated rings. The van der Waals surface area contributed by atoms with Crippen LogP contribution in [0.25, 0.3) is 11.1 Å². The zero-order valence-corrected chi connectivity index (χ0v) is 21.0. The van der Waals surface area contributed by atoms with Crippen LogP contribution < -0.4 is 19.5 Å². The number of rotatable bonds is 12. The third-order valence-electron chi connectivity index (χ3n) is 5.86. The zero-order valence-electron chi connectivity index (χ0n) is 21.0. The van der Waals surface area contributed by atoms with Gasteiger partial charge in [-0.25, -0.2) is 0 Å². The van der Waals surface area contributed by atoms with Crippen molar-refractivity contribution in [3.8, 4) is 34.4 Å². The highest BCUT2D eigenvalue weighted by atomic mass is 16.5. The van der Waals surface area contributed by atoms with E-state index < -0.39 is 5.97 Å². The Labute approximate surface area is 221 Å². The zero-order chi connectivity index (χ0) is 26.7. The monoisotopic (exact) mass is 508 g/mol. The molecule has 0 aromatic heterocycles. The molecule has 38 heavy (non-hydrogen) atoms. The smallest absolute Gasteiger partial charge is 0.317 e. The first-order valence-corrected chi connectivity index (χ1v) is 12.1. The molecular weight excluding hydrogens is 480 g/mol. The number of carbonyl (C=O) groups is 1. The molecule has 0 heterocycles. The van der Waals surface area contributed by atoms with Gasteiger partial charge in [-0.3, -0.25) is 4.79 Å². The first-order valence-electron chi connectivity index (χ1n) is 12.1. The highest BCUT2D eigenvalue weighted by Crippen LogP contribution is 2.34. The maximum atomic E-state index is 10.9. The van der Waals surface area contributed by atoms with Crippen LogP contribution in [0.3, 0.4) is 0 Å². The Morgan fingerprint density at radius 1 is 0.895 bits per heavy atom. The van der Waals surface area contributed by atoms with Crippen molar-refractivity contribution in [1.82, 2.24) is 5.32 Å². The lowest BCUT2D eigenvalue weighted by molar-refractivity contribution is -0.136. The third kappa shape index (κ3) is 6.90. The summed E-state index contributed by atoms with van der Waals surface area (Å²) in [6, 6.07) is 30.8. The highest BCUT2D eigenvalue weighted by molar-refractivity contribution is 5.72. The van der Waals surface area contributed by atoms with E-state index in [1.807, 2.05) is 72.8 Å². The van der Waals surface area contributed by atoms with E-state index in [1.54, 1.807) is 25.3 Å². The van der Waals surface area contributed by atoms with Crippen molar-refractivity contribution in [1.29, 1.82) is 5.26 Å². The van der Waals surface area contributed by atoms with Crippen molar-refractivity contribution in [3.63, 3.8) is 0 Å². The second-order valence-corrected chi connectivity index (χ2v) is 8.52. The number of nitriles is 1. The number of carboxylic acid groups (broad SMARTS) is 1. The summed E-state index contributed by atoms with van der Waals surface area (Å²) in [6.07, 6.45) is 0. The second-order valence-electron chi connectivity index (χ2n) is 8.52. The van der Waals surface area contributed by atoms with Crippen molar-refractivity contribution in [2.75, 3.05) is 13.7 Å². The summed E-state index contributed by atoms with van der Waals surface area (Å²) in [5, 5.41) is 21.0. The molecule has 0 aliphatic heterocycles. The van der Waals surface area contributed by atoms with Crippen molar-refractivity contribution in [2.45, 2.75) is 19.8 Å². The van der Waals surface area contributed by atoms with Crippen molar-refractivity contribution < 1.29 is 24.1 Å². The number of nitrogens with zero attached hydrogens (tertiary/aromatic N) is 1. The minimum atomic E-state index is -0.938. The molecule has 0 bridgehead atoms. The molecule has 0 spiro atoms. The van der Waals surface area contributed by atoms with Gasteiger partial charge in [0.05, 0.1) is 25.3 Å². The van der Waals surface area contributed by atoms with E-state index in [2.05, 4.69) is 11.4 Å². The summed E-state index contributed by atoms with van der Waals surface area (Å²) in [6.45, 7) is 0.675. The van der Waals surface area contributed by atoms with Gasteiger partial charge in [-0.15, -0.1) is 0 Å². The lowest BCUT2D eigenvalue weighted by Crippen LogP contribution is -2.22. The molecule has 2 N–H and O–H groups in total. The lowest BCUT2D eigenvalue weighted by atomic mass is 10.0. The standard InChI is InChI=1S/C31H28N2O5/c1-36-31-26(11-6-12-28(31)24-9-3-2-4-10-24)21-37-27-14-13-25(18-33-19-30(34)35)29(16-27)38-20-23-8-5-7-22(15-23)17-32/h2-16,33H,18-21H2,1H3,(H,34,35). The number of nitrogens with one attached hydrogen (secondary N) is 1. The number of hydrogen-bond donors (Lipinski definition) is 2. The van der Waals surface area contributed by atoms with Gasteiger partial charge >= 0.3 is 5.97 Å². The Hall–Kier alpha value is -4.80. The van der Waals surface area contributed by atoms with Gasteiger partial charge < -0.3 is 24.6 Å². The fraction of sp³-hybridized carbons (Fsp3) is 0.161. The Morgan fingerprint density at radius 2 is 1.71 bits per heavy atom. The Morgan fingerprint density at radius 3 is 2.47 bits per heavy atom. The van der Waals surface area contributed by atoms with Gasteiger partial charge in [-0.05, 0) is 29.3 Å². The Kier molecular flexibility index (Phi) is 8.95. The van der Waals surface area contributed by atoms with Crippen LogP contribution in [-0.4, -0.2) is 24.7 Å². The predicted octanol–water partition coefficient (Wildman–Crippen LogP) is 5.57. The Balaban J connectivity index is 1.53. The molecular formula is C31H28N2O5. The van der Waals surface area contributed by atoms with Gasteiger partial charge in [0.1, 0.15) is 30.5 Å².